The zero-order valence-corrected chi connectivity index (χ0v) is 12.8. The second-order valence-corrected chi connectivity index (χ2v) is 4.95. The molecule has 1 aromatic carbocycles. The van der Waals surface area contributed by atoms with Crippen LogP contribution in [0.1, 0.15) is 37.0 Å². The molecular formula is C16H20ClNO2. The van der Waals surface area contributed by atoms with Crippen LogP contribution in [-0.2, 0) is 6.42 Å². The molecule has 1 heterocycles. The summed E-state index contributed by atoms with van der Waals surface area (Å²) < 4.78 is 11.2. The van der Waals surface area contributed by atoms with Gasteiger partial charge in [-0.1, -0.05) is 31.5 Å². The zero-order valence-electron chi connectivity index (χ0n) is 12.1. The number of aryl methyl sites for hydroxylation is 1. The first kappa shape index (κ1) is 14.9. The Morgan fingerprint density at radius 3 is 2.65 bits per heavy atom. The van der Waals surface area contributed by atoms with Crippen LogP contribution in [0.4, 0.5) is 0 Å². The fourth-order valence-electron chi connectivity index (χ4n) is 2.18. The van der Waals surface area contributed by atoms with Gasteiger partial charge in [0.2, 0.25) is 0 Å². The molecule has 0 aliphatic carbocycles. The summed E-state index contributed by atoms with van der Waals surface area (Å²) in [4.78, 5) is 0. The van der Waals surface area contributed by atoms with E-state index in [1.54, 1.807) is 7.11 Å². The summed E-state index contributed by atoms with van der Waals surface area (Å²) in [6, 6.07) is 9.84. The largest absolute Gasteiger partial charge is 0.495 e. The number of furan rings is 1. The van der Waals surface area contributed by atoms with E-state index in [4.69, 9.17) is 20.8 Å². The van der Waals surface area contributed by atoms with Crippen LogP contribution in [0.3, 0.4) is 0 Å². The lowest BCUT2D eigenvalue weighted by Crippen LogP contribution is -2.21. The standard InChI is InChI=1S/C16H20ClNO2/c1-4-12-7-9-14(20-12)16(18-5-2)11-6-8-13(17)15(10-11)19-3/h6-10,16,18H,4-5H2,1-3H3. The Balaban J connectivity index is 2.37. The average Bonchev–Trinajstić information content (AvgIpc) is 2.94. The van der Waals surface area contributed by atoms with Gasteiger partial charge in [-0.15, -0.1) is 0 Å². The highest BCUT2D eigenvalue weighted by Gasteiger charge is 2.18. The van der Waals surface area contributed by atoms with Crippen molar-refractivity contribution in [2.24, 2.45) is 0 Å². The molecule has 0 aliphatic rings. The minimum atomic E-state index is 0.00599. The second kappa shape index (κ2) is 6.82. The van der Waals surface area contributed by atoms with Crippen molar-refractivity contribution in [3.05, 3.63) is 52.4 Å². The van der Waals surface area contributed by atoms with Crippen LogP contribution in [0, 0.1) is 0 Å². The Morgan fingerprint density at radius 2 is 2.05 bits per heavy atom. The summed E-state index contributed by atoms with van der Waals surface area (Å²) in [7, 11) is 1.62. The van der Waals surface area contributed by atoms with E-state index in [1.165, 1.54) is 0 Å². The Morgan fingerprint density at radius 1 is 1.25 bits per heavy atom. The number of hydrogen-bond donors (Lipinski definition) is 1. The Bertz CT molecular complexity index is 565. The minimum Gasteiger partial charge on any atom is -0.495 e. The van der Waals surface area contributed by atoms with Gasteiger partial charge in [-0.05, 0) is 36.4 Å². The molecule has 0 spiro atoms. The van der Waals surface area contributed by atoms with Crippen molar-refractivity contribution >= 4 is 11.6 Å². The fourth-order valence-corrected chi connectivity index (χ4v) is 2.38. The lowest BCUT2D eigenvalue weighted by molar-refractivity contribution is 0.409. The predicted molar refractivity (Wildman–Crippen MR) is 81.6 cm³/mol. The maximum absolute atomic E-state index is 6.08. The summed E-state index contributed by atoms with van der Waals surface area (Å²) in [6.45, 7) is 5.00. The van der Waals surface area contributed by atoms with E-state index in [2.05, 4.69) is 19.2 Å². The number of hydrogen-bond acceptors (Lipinski definition) is 3. The normalized spacial score (nSPS) is 12.4. The highest BCUT2D eigenvalue weighted by Crippen LogP contribution is 2.31. The van der Waals surface area contributed by atoms with Gasteiger partial charge >= 0.3 is 0 Å². The molecule has 0 aliphatic heterocycles. The quantitative estimate of drug-likeness (QED) is 0.866. The van der Waals surface area contributed by atoms with Crippen molar-refractivity contribution in [3.63, 3.8) is 0 Å². The van der Waals surface area contributed by atoms with Crippen molar-refractivity contribution in [2.75, 3.05) is 13.7 Å². The van der Waals surface area contributed by atoms with E-state index < -0.39 is 0 Å². The number of methoxy groups -OCH3 is 1. The van der Waals surface area contributed by atoms with E-state index in [1.807, 2.05) is 30.3 Å². The molecule has 1 unspecified atom stereocenters. The Kier molecular flexibility index (Phi) is 5.10. The van der Waals surface area contributed by atoms with Gasteiger partial charge < -0.3 is 14.5 Å². The highest BCUT2D eigenvalue weighted by molar-refractivity contribution is 6.32. The topological polar surface area (TPSA) is 34.4 Å². The van der Waals surface area contributed by atoms with Crippen molar-refractivity contribution in [1.82, 2.24) is 5.32 Å². The number of benzene rings is 1. The van der Waals surface area contributed by atoms with E-state index in [0.29, 0.717) is 10.8 Å². The van der Waals surface area contributed by atoms with Gasteiger partial charge in [0.15, 0.2) is 0 Å². The Hall–Kier alpha value is -1.45. The average molecular weight is 294 g/mol. The summed E-state index contributed by atoms with van der Waals surface area (Å²) in [5.41, 5.74) is 1.07. The molecule has 0 saturated carbocycles. The molecule has 20 heavy (non-hydrogen) atoms. The smallest absolute Gasteiger partial charge is 0.137 e. The van der Waals surface area contributed by atoms with Gasteiger partial charge in [-0.25, -0.2) is 0 Å². The van der Waals surface area contributed by atoms with Gasteiger partial charge in [0, 0.05) is 6.42 Å². The Labute approximate surface area is 124 Å². The van der Waals surface area contributed by atoms with E-state index in [9.17, 15) is 0 Å². The van der Waals surface area contributed by atoms with E-state index in [0.717, 1.165) is 30.0 Å². The van der Waals surface area contributed by atoms with Crippen LogP contribution >= 0.6 is 11.6 Å². The van der Waals surface area contributed by atoms with Gasteiger partial charge in [-0.3, -0.25) is 0 Å². The van der Waals surface area contributed by atoms with Gasteiger partial charge in [0.05, 0.1) is 18.2 Å². The van der Waals surface area contributed by atoms with Crippen LogP contribution in [0.5, 0.6) is 5.75 Å². The molecule has 1 aromatic heterocycles. The lowest BCUT2D eigenvalue weighted by Gasteiger charge is -2.17. The molecule has 2 aromatic rings. The third-order valence-electron chi connectivity index (χ3n) is 3.23. The van der Waals surface area contributed by atoms with Crippen LogP contribution in [0.15, 0.2) is 34.7 Å². The maximum Gasteiger partial charge on any atom is 0.137 e. The van der Waals surface area contributed by atoms with Gasteiger partial charge in [-0.2, -0.15) is 0 Å². The molecule has 1 N–H and O–H groups in total. The van der Waals surface area contributed by atoms with Crippen molar-refractivity contribution in [3.8, 4) is 5.75 Å². The minimum absolute atomic E-state index is 0.00599. The molecule has 0 radical (unpaired) electrons. The molecule has 0 bridgehead atoms. The maximum atomic E-state index is 6.08. The number of halogens is 1. The van der Waals surface area contributed by atoms with Crippen molar-refractivity contribution < 1.29 is 9.15 Å². The second-order valence-electron chi connectivity index (χ2n) is 4.54. The monoisotopic (exact) mass is 293 g/mol. The zero-order chi connectivity index (χ0) is 14.5. The van der Waals surface area contributed by atoms with Crippen molar-refractivity contribution in [2.45, 2.75) is 26.3 Å². The molecule has 4 heteroatoms. The fraction of sp³-hybridized carbons (Fsp3) is 0.375. The van der Waals surface area contributed by atoms with Crippen molar-refractivity contribution in [1.29, 1.82) is 0 Å². The molecule has 108 valence electrons. The molecule has 0 amide bonds. The third kappa shape index (κ3) is 3.17. The SMILES string of the molecule is CCNC(c1ccc(Cl)c(OC)c1)c1ccc(CC)o1. The van der Waals surface area contributed by atoms with Crippen LogP contribution in [0.2, 0.25) is 5.02 Å². The first-order chi connectivity index (χ1) is 9.69. The third-order valence-corrected chi connectivity index (χ3v) is 3.54. The first-order valence-electron chi connectivity index (χ1n) is 6.85. The summed E-state index contributed by atoms with van der Waals surface area (Å²) >= 11 is 6.08. The lowest BCUT2D eigenvalue weighted by atomic mass is 10.0. The molecule has 3 nitrogen and oxygen atoms in total. The van der Waals surface area contributed by atoms with Crippen LogP contribution < -0.4 is 10.1 Å². The summed E-state index contributed by atoms with van der Waals surface area (Å²) in [6.07, 6.45) is 0.892. The van der Waals surface area contributed by atoms with Crippen LogP contribution in [0.25, 0.3) is 0 Å². The molecule has 1 atom stereocenters. The summed E-state index contributed by atoms with van der Waals surface area (Å²) in [5, 5.41) is 4.04. The first-order valence-corrected chi connectivity index (χ1v) is 7.22. The van der Waals surface area contributed by atoms with Gasteiger partial charge in [0.25, 0.3) is 0 Å². The highest BCUT2D eigenvalue weighted by atomic mass is 35.5. The molecular weight excluding hydrogens is 274 g/mol. The predicted octanol–water partition coefficient (Wildman–Crippen LogP) is 4.20. The number of nitrogens with one attached hydrogen (secondary N) is 1. The van der Waals surface area contributed by atoms with E-state index >= 15 is 0 Å². The molecule has 0 saturated heterocycles. The van der Waals surface area contributed by atoms with Crippen LogP contribution in [-0.4, -0.2) is 13.7 Å². The van der Waals surface area contributed by atoms with E-state index in [-0.39, 0.29) is 6.04 Å². The number of ether oxygens (including phenoxy) is 1. The molecule has 2 rings (SSSR count). The summed E-state index contributed by atoms with van der Waals surface area (Å²) in [5.74, 6) is 2.58. The number of rotatable bonds is 6. The van der Waals surface area contributed by atoms with Gasteiger partial charge in [0.1, 0.15) is 17.3 Å². The molecule has 0 fully saturated rings.